The molecule has 19 heavy (non-hydrogen) atoms. The van der Waals surface area contributed by atoms with E-state index in [1.165, 1.54) is 12.1 Å². The van der Waals surface area contributed by atoms with Crippen molar-refractivity contribution in [1.29, 1.82) is 0 Å². The van der Waals surface area contributed by atoms with Crippen LogP contribution >= 0.6 is 0 Å². The van der Waals surface area contributed by atoms with E-state index in [2.05, 4.69) is 0 Å². The van der Waals surface area contributed by atoms with Crippen LogP contribution in [0.2, 0.25) is 0 Å². The number of hydrogen-bond acceptors (Lipinski definition) is 1. The fourth-order valence-electron chi connectivity index (χ4n) is 2.34. The van der Waals surface area contributed by atoms with Crippen LogP contribution in [0.3, 0.4) is 0 Å². The van der Waals surface area contributed by atoms with Crippen molar-refractivity contribution in [3.8, 4) is 0 Å². The van der Waals surface area contributed by atoms with Crippen molar-refractivity contribution in [2.24, 2.45) is 5.92 Å². The molecule has 0 spiro atoms. The van der Waals surface area contributed by atoms with Crippen LogP contribution in [-0.2, 0) is 11.0 Å². The third-order valence-electron chi connectivity index (χ3n) is 3.57. The molecule has 0 radical (unpaired) electrons. The van der Waals surface area contributed by atoms with Gasteiger partial charge in [0.25, 0.3) is 0 Å². The number of carbonyl (C=O) groups is 1. The van der Waals surface area contributed by atoms with Crippen molar-refractivity contribution in [2.45, 2.75) is 32.4 Å². The first-order chi connectivity index (χ1) is 8.88. The van der Waals surface area contributed by atoms with Crippen LogP contribution in [-0.4, -0.2) is 5.78 Å². The molecule has 0 saturated heterocycles. The molecule has 0 aliphatic heterocycles. The maximum atomic E-state index is 12.4. The van der Waals surface area contributed by atoms with Crippen LogP contribution in [0, 0.1) is 5.92 Å². The number of rotatable bonds is 2. The quantitative estimate of drug-likeness (QED) is 0.773. The van der Waals surface area contributed by atoms with Crippen LogP contribution < -0.4 is 0 Å². The second-order valence-electron chi connectivity index (χ2n) is 4.89. The molecule has 1 aromatic rings. The Morgan fingerprint density at radius 2 is 1.84 bits per heavy atom. The number of hydrogen-bond donors (Lipinski definition) is 0. The predicted molar refractivity (Wildman–Crippen MR) is 67.4 cm³/mol. The zero-order valence-corrected chi connectivity index (χ0v) is 10.6. The Hall–Kier alpha value is -1.58. The van der Waals surface area contributed by atoms with Gasteiger partial charge in [-0.25, -0.2) is 0 Å². The van der Waals surface area contributed by atoms with E-state index in [0.29, 0.717) is 6.42 Å². The molecule has 0 N–H and O–H groups in total. The van der Waals surface area contributed by atoms with Gasteiger partial charge in [-0.3, -0.25) is 4.79 Å². The largest absolute Gasteiger partial charge is 0.416 e. The van der Waals surface area contributed by atoms with E-state index in [-0.39, 0.29) is 11.7 Å². The van der Waals surface area contributed by atoms with Crippen molar-refractivity contribution >= 4 is 11.4 Å². The zero-order chi connectivity index (χ0) is 14.0. The lowest BCUT2D eigenvalue weighted by Crippen LogP contribution is -2.13. The number of carbonyl (C=O) groups excluding carboxylic acids is 1. The zero-order valence-electron chi connectivity index (χ0n) is 10.6. The maximum Gasteiger partial charge on any atom is 0.416 e. The first kappa shape index (κ1) is 13.8. The number of Topliss-reactive ketones (excluding diaryl/α,β-unsaturated/α-hetero) is 1. The van der Waals surface area contributed by atoms with Gasteiger partial charge in [0.1, 0.15) is 5.78 Å². The molecule has 0 aromatic heterocycles. The molecular weight excluding hydrogens is 253 g/mol. The average Bonchev–Trinajstić information content (AvgIpc) is 2.38. The molecule has 0 heterocycles. The van der Waals surface area contributed by atoms with Crippen molar-refractivity contribution < 1.29 is 18.0 Å². The van der Waals surface area contributed by atoms with Crippen LogP contribution in [0.1, 0.15) is 37.3 Å². The molecule has 0 saturated carbocycles. The van der Waals surface area contributed by atoms with Gasteiger partial charge in [0, 0.05) is 5.92 Å². The van der Waals surface area contributed by atoms with E-state index in [4.69, 9.17) is 0 Å². The highest BCUT2D eigenvalue weighted by Crippen LogP contribution is 2.33. The monoisotopic (exact) mass is 268 g/mol. The fraction of sp³-hybridized carbons (Fsp3) is 0.400. The number of halogens is 3. The molecule has 1 atom stereocenters. The number of ketones is 1. The second kappa shape index (κ2) is 5.19. The molecule has 1 nitrogen and oxygen atoms in total. The van der Waals surface area contributed by atoms with E-state index < -0.39 is 11.7 Å². The van der Waals surface area contributed by atoms with Crippen LogP contribution in [0.25, 0.3) is 5.57 Å². The van der Waals surface area contributed by atoms with Crippen molar-refractivity contribution in [3.05, 3.63) is 41.5 Å². The summed E-state index contributed by atoms with van der Waals surface area (Å²) in [6.45, 7) is 1.58. The number of benzene rings is 1. The van der Waals surface area contributed by atoms with Gasteiger partial charge >= 0.3 is 6.18 Å². The Balaban J connectivity index is 2.14. The molecule has 1 aliphatic rings. The highest BCUT2D eigenvalue weighted by Gasteiger charge is 2.30. The molecule has 1 aliphatic carbocycles. The van der Waals surface area contributed by atoms with Gasteiger partial charge < -0.3 is 0 Å². The molecule has 0 fully saturated rings. The van der Waals surface area contributed by atoms with Crippen molar-refractivity contribution in [1.82, 2.24) is 0 Å². The third-order valence-corrected chi connectivity index (χ3v) is 3.57. The van der Waals surface area contributed by atoms with E-state index in [9.17, 15) is 18.0 Å². The lowest BCUT2D eigenvalue weighted by Gasteiger charge is -2.20. The number of alkyl halides is 3. The van der Waals surface area contributed by atoms with Crippen LogP contribution in [0.15, 0.2) is 30.3 Å². The summed E-state index contributed by atoms with van der Waals surface area (Å²) in [5.41, 5.74) is 1.22. The highest BCUT2D eigenvalue weighted by atomic mass is 19.4. The van der Waals surface area contributed by atoms with Crippen molar-refractivity contribution in [3.63, 3.8) is 0 Å². The minimum Gasteiger partial charge on any atom is -0.300 e. The van der Waals surface area contributed by atoms with Gasteiger partial charge in [0.15, 0.2) is 0 Å². The summed E-state index contributed by atoms with van der Waals surface area (Å²) in [5.74, 6) is 0.251. The molecule has 1 aromatic carbocycles. The summed E-state index contributed by atoms with van der Waals surface area (Å²) in [6, 6.07) is 5.21. The Morgan fingerprint density at radius 3 is 2.26 bits per heavy atom. The highest BCUT2D eigenvalue weighted by molar-refractivity contribution is 5.80. The lowest BCUT2D eigenvalue weighted by atomic mass is 9.84. The molecule has 4 heteroatoms. The molecule has 102 valence electrons. The fourth-order valence-corrected chi connectivity index (χ4v) is 2.34. The first-order valence-electron chi connectivity index (χ1n) is 6.25. The summed E-state index contributed by atoms with van der Waals surface area (Å²) in [6.07, 6.45) is -0.110. The molecule has 1 unspecified atom stereocenters. The minimum absolute atomic E-state index is 0.0678. The third kappa shape index (κ3) is 3.25. The smallest absolute Gasteiger partial charge is 0.300 e. The topological polar surface area (TPSA) is 17.1 Å². The van der Waals surface area contributed by atoms with Crippen LogP contribution in [0.5, 0.6) is 0 Å². The Labute approximate surface area is 110 Å². The molecule has 0 bridgehead atoms. The second-order valence-corrected chi connectivity index (χ2v) is 4.89. The minimum atomic E-state index is -4.29. The summed E-state index contributed by atoms with van der Waals surface area (Å²) in [4.78, 5) is 11.2. The van der Waals surface area contributed by atoms with E-state index in [1.807, 2.05) is 6.08 Å². The Bertz CT molecular complexity index is 497. The average molecular weight is 268 g/mol. The van der Waals surface area contributed by atoms with E-state index in [0.717, 1.165) is 36.1 Å². The molecule has 0 amide bonds. The maximum absolute atomic E-state index is 12.4. The normalized spacial score (nSPS) is 20.0. The van der Waals surface area contributed by atoms with Gasteiger partial charge in [-0.15, -0.1) is 0 Å². The van der Waals surface area contributed by atoms with Gasteiger partial charge in [0.05, 0.1) is 5.56 Å². The van der Waals surface area contributed by atoms with E-state index >= 15 is 0 Å². The summed E-state index contributed by atoms with van der Waals surface area (Å²) < 4.78 is 37.3. The Morgan fingerprint density at radius 1 is 1.21 bits per heavy atom. The summed E-state index contributed by atoms with van der Waals surface area (Å²) in [7, 11) is 0. The number of allylic oxidation sites excluding steroid dienone is 2. The van der Waals surface area contributed by atoms with E-state index in [1.54, 1.807) is 6.92 Å². The molecular formula is C15H15F3O. The van der Waals surface area contributed by atoms with Crippen molar-refractivity contribution in [2.75, 3.05) is 0 Å². The molecule has 2 rings (SSSR count). The standard InChI is InChI=1S/C15H15F3O/c1-10(19)11-2-4-12(5-3-11)13-6-8-14(9-7-13)15(16,17)18/h4,6-9,11H,2-3,5H2,1H3. The SMILES string of the molecule is CC(=O)C1CC=C(c2ccc(C(F)(F)F)cc2)CC1. The van der Waals surface area contributed by atoms with Crippen LogP contribution in [0.4, 0.5) is 13.2 Å². The first-order valence-corrected chi connectivity index (χ1v) is 6.25. The lowest BCUT2D eigenvalue weighted by molar-refractivity contribution is -0.137. The van der Waals surface area contributed by atoms with Gasteiger partial charge in [-0.2, -0.15) is 13.2 Å². The Kier molecular flexibility index (Phi) is 3.78. The predicted octanol–water partition coefficient (Wildman–Crippen LogP) is 4.48. The van der Waals surface area contributed by atoms with Gasteiger partial charge in [-0.1, -0.05) is 18.2 Å². The summed E-state index contributed by atoms with van der Waals surface area (Å²) in [5, 5.41) is 0. The van der Waals surface area contributed by atoms with Gasteiger partial charge in [0.2, 0.25) is 0 Å². The summed E-state index contributed by atoms with van der Waals surface area (Å²) >= 11 is 0. The van der Waals surface area contributed by atoms with Gasteiger partial charge in [-0.05, 0) is 49.5 Å².